The van der Waals surface area contributed by atoms with Crippen LogP contribution in [0.25, 0.3) is 11.3 Å². The molecule has 1 atom stereocenters. The normalized spacial score (nSPS) is 16.4. The van der Waals surface area contributed by atoms with Crippen LogP contribution in [0.2, 0.25) is 0 Å². The molecule has 5 heteroatoms. The summed E-state index contributed by atoms with van der Waals surface area (Å²) in [6.45, 7) is 2.53. The average molecular weight is 274 g/mol. The predicted octanol–water partition coefficient (Wildman–Crippen LogP) is 3.29. The second-order valence-corrected chi connectivity index (χ2v) is 4.84. The fourth-order valence-electron chi connectivity index (χ4n) is 2.08. The van der Waals surface area contributed by atoms with E-state index in [2.05, 4.69) is 9.97 Å². The number of aromatic nitrogens is 2. The highest BCUT2D eigenvalue weighted by Crippen LogP contribution is 2.41. The summed E-state index contributed by atoms with van der Waals surface area (Å²) in [6, 6.07) is 7.87. The maximum atomic E-state index is 5.86. The van der Waals surface area contributed by atoms with Crippen LogP contribution in [0.4, 0.5) is 0 Å². The third-order valence-corrected chi connectivity index (χ3v) is 3.49. The molecule has 0 saturated carbocycles. The summed E-state index contributed by atoms with van der Waals surface area (Å²) >= 11 is 1.53. The molecule has 0 bridgehead atoms. The molecule has 98 valence electrons. The molecule has 1 aliphatic heterocycles. The van der Waals surface area contributed by atoms with Crippen LogP contribution in [0.5, 0.6) is 5.75 Å². The van der Waals surface area contributed by atoms with Crippen LogP contribution in [0.1, 0.15) is 18.8 Å². The van der Waals surface area contributed by atoms with E-state index in [0.717, 1.165) is 27.7 Å². The molecule has 3 rings (SSSR count). The van der Waals surface area contributed by atoms with E-state index < -0.39 is 6.29 Å². The maximum Gasteiger partial charge on any atom is 0.230 e. The van der Waals surface area contributed by atoms with Gasteiger partial charge < -0.3 is 9.47 Å². The van der Waals surface area contributed by atoms with E-state index in [0.29, 0.717) is 6.61 Å². The molecule has 1 aromatic carbocycles. The van der Waals surface area contributed by atoms with Crippen molar-refractivity contribution >= 4 is 11.8 Å². The Kier molecular flexibility index (Phi) is 3.40. The van der Waals surface area contributed by atoms with Crippen molar-refractivity contribution in [1.82, 2.24) is 9.97 Å². The molecule has 1 aromatic heterocycles. The first-order valence-corrected chi connectivity index (χ1v) is 7.34. The van der Waals surface area contributed by atoms with Crippen LogP contribution in [0.3, 0.4) is 0 Å². The van der Waals surface area contributed by atoms with E-state index in [1.54, 1.807) is 6.20 Å². The largest absolute Gasteiger partial charge is 0.460 e. The summed E-state index contributed by atoms with van der Waals surface area (Å²) in [7, 11) is 0. The molecule has 2 heterocycles. The minimum absolute atomic E-state index is 0.425. The third-order valence-electron chi connectivity index (χ3n) is 2.93. The van der Waals surface area contributed by atoms with Gasteiger partial charge in [0.1, 0.15) is 5.75 Å². The van der Waals surface area contributed by atoms with Crippen molar-refractivity contribution in [2.75, 3.05) is 12.9 Å². The van der Waals surface area contributed by atoms with Crippen molar-refractivity contribution in [3.05, 3.63) is 36.0 Å². The van der Waals surface area contributed by atoms with Gasteiger partial charge in [0, 0.05) is 18.4 Å². The second-order valence-electron chi connectivity index (χ2n) is 4.06. The molecule has 0 aliphatic carbocycles. The highest BCUT2D eigenvalue weighted by atomic mass is 32.2. The number of hydrogen-bond acceptors (Lipinski definition) is 5. The highest BCUT2D eigenvalue weighted by Gasteiger charge is 2.28. The zero-order valence-corrected chi connectivity index (χ0v) is 11.6. The Labute approximate surface area is 116 Å². The fourth-order valence-corrected chi connectivity index (χ4v) is 2.42. The van der Waals surface area contributed by atoms with Gasteiger partial charge in [-0.1, -0.05) is 23.9 Å². The van der Waals surface area contributed by atoms with Crippen LogP contribution < -0.4 is 4.74 Å². The molecule has 2 aromatic rings. The van der Waals surface area contributed by atoms with E-state index in [1.165, 1.54) is 11.8 Å². The standard InChI is InChI=1S/C14H14N2O2S/c1-3-17-13-10-8-15-14(19-2)16-12(10)9-6-4-5-7-11(9)18-13/h4-8,13H,3H2,1-2H3. The lowest BCUT2D eigenvalue weighted by Gasteiger charge is -2.27. The number of hydrogen-bond donors (Lipinski definition) is 0. The van der Waals surface area contributed by atoms with Gasteiger partial charge in [-0.25, -0.2) is 9.97 Å². The molecule has 19 heavy (non-hydrogen) atoms. The summed E-state index contributed by atoms with van der Waals surface area (Å²) < 4.78 is 11.5. The molecule has 1 unspecified atom stereocenters. The zero-order chi connectivity index (χ0) is 13.2. The quantitative estimate of drug-likeness (QED) is 0.634. The van der Waals surface area contributed by atoms with Gasteiger partial charge in [0.05, 0.1) is 11.3 Å². The molecule has 4 nitrogen and oxygen atoms in total. The van der Waals surface area contributed by atoms with Crippen molar-refractivity contribution in [1.29, 1.82) is 0 Å². The van der Waals surface area contributed by atoms with E-state index in [-0.39, 0.29) is 0 Å². The number of para-hydroxylation sites is 1. The van der Waals surface area contributed by atoms with Gasteiger partial charge in [0.25, 0.3) is 0 Å². The van der Waals surface area contributed by atoms with Gasteiger partial charge in [0.2, 0.25) is 6.29 Å². The van der Waals surface area contributed by atoms with Gasteiger partial charge in [-0.15, -0.1) is 0 Å². The van der Waals surface area contributed by atoms with Crippen LogP contribution >= 0.6 is 11.8 Å². The van der Waals surface area contributed by atoms with Gasteiger partial charge in [-0.2, -0.15) is 0 Å². The van der Waals surface area contributed by atoms with Crippen LogP contribution in [-0.2, 0) is 4.74 Å². The SMILES string of the molecule is CCOC1Oc2ccccc2-c2nc(SC)ncc21. The molecule has 0 spiro atoms. The summed E-state index contributed by atoms with van der Waals surface area (Å²) in [4.78, 5) is 8.91. The molecule has 0 saturated heterocycles. The van der Waals surface area contributed by atoms with Gasteiger partial charge >= 0.3 is 0 Å². The number of rotatable bonds is 3. The van der Waals surface area contributed by atoms with Gasteiger partial charge in [-0.3, -0.25) is 0 Å². The Hall–Kier alpha value is -1.59. The topological polar surface area (TPSA) is 44.2 Å². The zero-order valence-electron chi connectivity index (χ0n) is 10.8. The van der Waals surface area contributed by atoms with Crippen LogP contribution in [-0.4, -0.2) is 22.8 Å². The van der Waals surface area contributed by atoms with Gasteiger partial charge in [-0.05, 0) is 25.3 Å². The number of ether oxygens (including phenoxy) is 2. The van der Waals surface area contributed by atoms with Gasteiger partial charge in [0.15, 0.2) is 5.16 Å². The Morgan fingerprint density at radius 1 is 1.37 bits per heavy atom. The highest BCUT2D eigenvalue weighted by molar-refractivity contribution is 7.98. The molecule has 1 aliphatic rings. The number of thioether (sulfide) groups is 1. The fraction of sp³-hybridized carbons (Fsp3) is 0.286. The summed E-state index contributed by atoms with van der Waals surface area (Å²) in [5, 5.41) is 0.755. The second kappa shape index (κ2) is 5.19. The molecule has 0 radical (unpaired) electrons. The van der Waals surface area contributed by atoms with Crippen LogP contribution in [0, 0.1) is 0 Å². The lowest BCUT2D eigenvalue weighted by atomic mass is 10.0. The predicted molar refractivity (Wildman–Crippen MR) is 74.2 cm³/mol. The number of nitrogens with zero attached hydrogens (tertiary/aromatic N) is 2. The summed E-state index contributed by atoms with van der Waals surface area (Å²) in [5.41, 5.74) is 2.78. The first-order chi connectivity index (χ1) is 9.33. The number of benzene rings is 1. The minimum Gasteiger partial charge on any atom is -0.460 e. The van der Waals surface area contributed by atoms with E-state index >= 15 is 0 Å². The minimum atomic E-state index is -0.425. The summed E-state index contributed by atoms with van der Waals surface area (Å²) in [6.07, 6.45) is 3.34. The monoisotopic (exact) mass is 274 g/mol. The maximum absolute atomic E-state index is 5.86. The van der Waals surface area contributed by atoms with E-state index in [4.69, 9.17) is 9.47 Å². The third kappa shape index (κ3) is 2.19. The first kappa shape index (κ1) is 12.4. The molecular formula is C14H14N2O2S. The van der Waals surface area contributed by atoms with Crippen molar-refractivity contribution in [2.24, 2.45) is 0 Å². The Morgan fingerprint density at radius 3 is 3.00 bits per heavy atom. The Morgan fingerprint density at radius 2 is 2.21 bits per heavy atom. The van der Waals surface area contributed by atoms with Crippen LogP contribution in [0.15, 0.2) is 35.6 Å². The molecular weight excluding hydrogens is 260 g/mol. The van der Waals surface area contributed by atoms with Crippen molar-refractivity contribution in [3.8, 4) is 17.0 Å². The van der Waals surface area contributed by atoms with Crippen molar-refractivity contribution in [2.45, 2.75) is 18.4 Å². The van der Waals surface area contributed by atoms with Crippen molar-refractivity contribution in [3.63, 3.8) is 0 Å². The summed E-state index contributed by atoms with van der Waals surface area (Å²) in [5.74, 6) is 0.805. The molecule has 0 N–H and O–H groups in total. The van der Waals surface area contributed by atoms with E-state index in [9.17, 15) is 0 Å². The Balaban J connectivity index is 2.16. The molecule has 0 amide bonds. The lowest BCUT2D eigenvalue weighted by molar-refractivity contribution is -0.0806. The lowest BCUT2D eigenvalue weighted by Crippen LogP contribution is -2.18. The first-order valence-electron chi connectivity index (χ1n) is 6.12. The van der Waals surface area contributed by atoms with Crippen molar-refractivity contribution < 1.29 is 9.47 Å². The Bertz CT molecular complexity index is 604. The number of fused-ring (bicyclic) bond motifs is 3. The smallest absolute Gasteiger partial charge is 0.230 e. The average Bonchev–Trinajstić information content (AvgIpc) is 2.47. The van der Waals surface area contributed by atoms with E-state index in [1.807, 2.05) is 37.4 Å². The molecule has 0 fully saturated rings.